The Morgan fingerprint density at radius 3 is 2.00 bits per heavy atom. The molecular weight excluding hydrogens is 144 g/mol. The lowest BCUT2D eigenvalue weighted by atomic mass is 10.2. The maximum Gasteiger partial charge on any atom is 0.129 e. The quantitative estimate of drug-likeness (QED) is 0.381. The minimum absolute atomic E-state index is 0.629. The standard InChI is InChI=1S/C7H10N2O2/c10-8-7(9-11)6-4-2-1-3-5-6/h1-5,7-11H. The van der Waals surface area contributed by atoms with Crippen molar-refractivity contribution in [1.82, 2.24) is 11.0 Å². The van der Waals surface area contributed by atoms with E-state index < -0.39 is 6.17 Å². The van der Waals surface area contributed by atoms with Crippen molar-refractivity contribution < 1.29 is 10.4 Å². The summed E-state index contributed by atoms with van der Waals surface area (Å²) < 4.78 is 0. The molecule has 0 unspecified atom stereocenters. The molecule has 0 saturated carbocycles. The Kier molecular flexibility index (Phi) is 3.00. The maximum absolute atomic E-state index is 8.51. The molecule has 60 valence electrons. The third-order valence-electron chi connectivity index (χ3n) is 1.39. The molecular formula is C7H10N2O2. The Labute approximate surface area is 64.4 Å². The minimum atomic E-state index is -0.629. The molecule has 0 aliphatic heterocycles. The predicted octanol–water partition coefficient (Wildman–Crippen LogP) is 0.643. The van der Waals surface area contributed by atoms with Gasteiger partial charge in [0.05, 0.1) is 0 Å². The van der Waals surface area contributed by atoms with Crippen molar-refractivity contribution in [3.63, 3.8) is 0 Å². The predicted molar refractivity (Wildman–Crippen MR) is 39.0 cm³/mol. The second kappa shape index (κ2) is 4.05. The van der Waals surface area contributed by atoms with E-state index in [1.54, 1.807) is 12.1 Å². The van der Waals surface area contributed by atoms with E-state index in [1.807, 2.05) is 29.2 Å². The van der Waals surface area contributed by atoms with E-state index in [2.05, 4.69) is 0 Å². The van der Waals surface area contributed by atoms with Crippen LogP contribution in [0.1, 0.15) is 11.7 Å². The third kappa shape index (κ3) is 1.99. The zero-order chi connectivity index (χ0) is 8.10. The lowest BCUT2D eigenvalue weighted by Crippen LogP contribution is -2.29. The third-order valence-corrected chi connectivity index (χ3v) is 1.39. The molecule has 0 radical (unpaired) electrons. The monoisotopic (exact) mass is 154 g/mol. The molecule has 4 heteroatoms. The summed E-state index contributed by atoms with van der Waals surface area (Å²) in [5.41, 5.74) is 4.58. The molecule has 1 aromatic carbocycles. The summed E-state index contributed by atoms with van der Waals surface area (Å²) >= 11 is 0. The van der Waals surface area contributed by atoms with Gasteiger partial charge in [-0.1, -0.05) is 30.3 Å². The molecule has 0 heterocycles. The van der Waals surface area contributed by atoms with Crippen LogP contribution in [0.15, 0.2) is 30.3 Å². The number of nitrogens with one attached hydrogen (secondary N) is 2. The van der Waals surface area contributed by atoms with Crippen molar-refractivity contribution in [2.24, 2.45) is 0 Å². The van der Waals surface area contributed by atoms with Gasteiger partial charge in [0.25, 0.3) is 0 Å². The second-order valence-electron chi connectivity index (χ2n) is 2.10. The molecule has 4 nitrogen and oxygen atoms in total. The maximum atomic E-state index is 8.51. The van der Waals surface area contributed by atoms with Gasteiger partial charge in [0.15, 0.2) is 0 Å². The van der Waals surface area contributed by atoms with Crippen LogP contribution in [0.4, 0.5) is 0 Å². The van der Waals surface area contributed by atoms with Gasteiger partial charge < -0.3 is 10.4 Å². The Morgan fingerprint density at radius 1 is 1.00 bits per heavy atom. The van der Waals surface area contributed by atoms with Crippen molar-refractivity contribution >= 4 is 0 Å². The number of hydroxylamine groups is 2. The van der Waals surface area contributed by atoms with Gasteiger partial charge >= 0.3 is 0 Å². The van der Waals surface area contributed by atoms with Crippen LogP contribution in [0.25, 0.3) is 0 Å². The molecule has 0 spiro atoms. The van der Waals surface area contributed by atoms with Crippen LogP contribution < -0.4 is 11.0 Å². The first-order valence-corrected chi connectivity index (χ1v) is 3.22. The number of benzene rings is 1. The number of rotatable bonds is 3. The summed E-state index contributed by atoms with van der Waals surface area (Å²) in [4.78, 5) is 0. The Morgan fingerprint density at radius 2 is 1.55 bits per heavy atom. The van der Waals surface area contributed by atoms with Crippen molar-refractivity contribution in [3.05, 3.63) is 35.9 Å². The van der Waals surface area contributed by atoms with Crippen molar-refractivity contribution in [1.29, 1.82) is 0 Å². The molecule has 0 fully saturated rings. The molecule has 1 aromatic rings. The fourth-order valence-electron chi connectivity index (χ4n) is 0.823. The zero-order valence-corrected chi connectivity index (χ0v) is 5.86. The van der Waals surface area contributed by atoms with Gasteiger partial charge in [0, 0.05) is 0 Å². The fraction of sp³-hybridized carbons (Fsp3) is 0.143. The first-order valence-electron chi connectivity index (χ1n) is 3.22. The SMILES string of the molecule is ONC(NO)c1ccccc1. The number of hydrogen-bond acceptors (Lipinski definition) is 4. The molecule has 0 atom stereocenters. The van der Waals surface area contributed by atoms with E-state index in [4.69, 9.17) is 10.4 Å². The first-order chi connectivity index (χ1) is 5.38. The van der Waals surface area contributed by atoms with Gasteiger partial charge in [0.1, 0.15) is 6.17 Å². The fourth-order valence-corrected chi connectivity index (χ4v) is 0.823. The first kappa shape index (κ1) is 8.16. The Balaban J connectivity index is 2.74. The molecule has 0 bridgehead atoms. The van der Waals surface area contributed by atoms with Crippen molar-refractivity contribution in [2.75, 3.05) is 0 Å². The molecule has 0 saturated heterocycles. The van der Waals surface area contributed by atoms with E-state index in [9.17, 15) is 0 Å². The lowest BCUT2D eigenvalue weighted by Gasteiger charge is -2.11. The summed E-state index contributed by atoms with van der Waals surface area (Å²) in [7, 11) is 0. The number of hydrogen-bond donors (Lipinski definition) is 4. The summed E-state index contributed by atoms with van der Waals surface area (Å²) in [6.07, 6.45) is -0.629. The lowest BCUT2D eigenvalue weighted by molar-refractivity contribution is 0.0255. The molecule has 0 aliphatic rings. The van der Waals surface area contributed by atoms with E-state index in [0.29, 0.717) is 0 Å². The van der Waals surface area contributed by atoms with Crippen LogP contribution in [-0.2, 0) is 0 Å². The van der Waals surface area contributed by atoms with Gasteiger partial charge in [-0.3, -0.25) is 0 Å². The summed E-state index contributed by atoms with van der Waals surface area (Å²) in [6, 6.07) is 9.04. The minimum Gasteiger partial charge on any atom is -0.315 e. The molecule has 0 aromatic heterocycles. The molecule has 0 amide bonds. The van der Waals surface area contributed by atoms with Gasteiger partial charge in [0.2, 0.25) is 0 Å². The largest absolute Gasteiger partial charge is 0.315 e. The van der Waals surface area contributed by atoms with Crippen LogP contribution in [-0.4, -0.2) is 10.4 Å². The van der Waals surface area contributed by atoms with Crippen molar-refractivity contribution in [3.8, 4) is 0 Å². The van der Waals surface area contributed by atoms with E-state index in [-0.39, 0.29) is 0 Å². The van der Waals surface area contributed by atoms with Crippen molar-refractivity contribution in [2.45, 2.75) is 6.17 Å². The summed E-state index contributed by atoms with van der Waals surface area (Å²) in [5.74, 6) is 0. The average molecular weight is 154 g/mol. The Hall–Kier alpha value is -0.940. The van der Waals surface area contributed by atoms with E-state index in [1.165, 1.54) is 0 Å². The highest BCUT2D eigenvalue weighted by Crippen LogP contribution is 2.06. The van der Waals surface area contributed by atoms with Gasteiger partial charge in [-0.15, -0.1) is 0 Å². The highest BCUT2D eigenvalue weighted by atomic mass is 16.5. The summed E-state index contributed by atoms with van der Waals surface area (Å²) in [6.45, 7) is 0. The smallest absolute Gasteiger partial charge is 0.129 e. The van der Waals surface area contributed by atoms with E-state index in [0.717, 1.165) is 5.56 Å². The second-order valence-corrected chi connectivity index (χ2v) is 2.10. The molecule has 11 heavy (non-hydrogen) atoms. The zero-order valence-electron chi connectivity index (χ0n) is 5.86. The highest BCUT2D eigenvalue weighted by Gasteiger charge is 2.05. The van der Waals surface area contributed by atoms with Crippen LogP contribution in [0.5, 0.6) is 0 Å². The van der Waals surface area contributed by atoms with E-state index >= 15 is 0 Å². The van der Waals surface area contributed by atoms with Crippen LogP contribution in [0.2, 0.25) is 0 Å². The van der Waals surface area contributed by atoms with Gasteiger partial charge in [-0.05, 0) is 5.56 Å². The van der Waals surface area contributed by atoms with Gasteiger partial charge in [-0.25, -0.2) is 0 Å². The van der Waals surface area contributed by atoms with Crippen LogP contribution in [0.3, 0.4) is 0 Å². The van der Waals surface area contributed by atoms with Gasteiger partial charge in [-0.2, -0.15) is 11.0 Å². The summed E-state index contributed by atoms with van der Waals surface area (Å²) in [5, 5.41) is 17.0. The molecule has 0 aliphatic carbocycles. The average Bonchev–Trinajstić information content (AvgIpc) is 2.09. The molecule has 4 N–H and O–H groups in total. The molecule has 1 rings (SSSR count). The highest BCUT2D eigenvalue weighted by molar-refractivity contribution is 5.17. The van der Waals surface area contributed by atoms with Crippen LogP contribution >= 0.6 is 0 Å². The topological polar surface area (TPSA) is 64.5 Å². The normalized spacial score (nSPS) is 10.5. The van der Waals surface area contributed by atoms with Crippen LogP contribution in [0, 0.1) is 0 Å². The Bertz CT molecular complexity index is 199.